The van der Waals surface area contributed by atoms with Gasteiger partial charge in [-0.2, -0.15) is 0 Å². The molecule has 2 aromatic carbocycles. The second-order valence-corrected chi connectivity index (χ2v) is 6.80. The molecule has 0 N–H and O–H groups in total. The molecule has 1 aliphatic heterocycles. The number of nitro groups is 1. The summed E-state index contributed by atoms with van der Waals surface area (Å²) in [7, 11) is 3.66. The van der Waals surface area contributed by atoms with Gasteiger partial charge in [-0.15, -0.1) is 0 Å². The third-order valence-corrected chi connectivity index (χ3v) is 5.18. The largest absolute Gasteiger partial charge is 0.494 e. The number of hydrogen-bond acceptors (Lipinski definition) is 5. The average Bonchev–Trinajstić information content (AvgIpc) is 3.11. The summed E-state index contributed by atoms with van der Waals surface area (Å²) in [6.07, 6.45) is 1.92. The molecule has 0 amide bonds. The smallest absolute Gasteiger partial charge is 0.294 e. The van der Waals surface area contributed by atoms with Gasteiger partial charge in [0.2, 0.25) is 0 Å². The summed E-state index contributed by atoms with van der Waals surface area (Å²) in [5.41, 5.74) is 2.37. The summed E-state index contributed by atoms with van der Waals surface area (Å²) >= 11 is 0. The van der Waals surface area contributed by atoms with E-state index in [9.17, 15) is 10.1 Å². The number of likely N-dealkylation sites (N-methyl/N-ethyl adjacent to an activating group) is 1. The van der Waals surface area contributed by atoms with E-state index in [1.165, 1.54) is 0 Å². The third-order valence-electron chi connectivity index (χ3n) is 5.18. The minimum atomic E-state index is -0.303. The molecule has 7 heteroatoms. The quantitative estimate of drug-likeness (QED) is 0.524. The maximum atomic E-state index is 11.8. The van der Waals surface area contributed by atoms with Crippen molar-refractivity contribution in [2.45, 2.75) is 0 Å². The average molecular weight is 366 g/mol. The number of ether oxygens (including phenoxy) is 1. The number of aromatic nitrogens is 1. The second kappa shape index (κ2) is 6.92. The van der Waals surface area contributed by atoms with Gasteiger partial charge in [-0.1, -0.05) is 18.2 Å². The van der Waals surface area contributed by atoms with Crippen molar-refractivity contribution >= 4 is 22.3 Å². The number of methoxy groups -OCH3 is 1. The highest BCUT2D eigenvalue weighted by Crippen LogP contribution is 2.38. The molecule has 0 aliphatic carbocycles. The first-order valence-corrected chi connectivity index (χ1v) is 8.95. The zero-order valence-corrected chi connectivity index (χ0v) is 15.5. The van der Waals surface area contributed by atoms with Crippen LogP contribution < -0.4 is 9.64 Å². The van der Waals surface area contributed by atoms with E-state index in [2.05, 4.69) is 16.8 Å². The number of hydrogen-bond donors (Lipinski definition) is 0. The van der Waals surface area contributed by atoms with Crippen molar-refractivity contribution in [2.24, 2.45) is 0 Å². The molecule has 1 saturated heterocycles. The summed E-state index contributed by atoms with van der Waals surface area (Å²) in [5, 5.41) is 12.9. The molecule has 0 atom stereocenters. The molecule has 140 valence electrons. The zero-order valence-electron chi connectivity index (χ0n) is 15.5. The van der Waals surface area contributed by atoms with Crippen LogP contribution in [0, 0.1) is 10.1 Å². The van der Waals surface area contributed by atoms with Gasteiger partial charge >= 0.3 is 0 Å². The lowest BCUT2D eigenvalue weighted by Gasteiger charge is -2.34. The summed E-state index contributed by atoms with van der Waals surface area (Å²) in [6, 6.07) is 13.4. The van der Waals surface area contributed by atoms with E-state index in [0.29, 0.717) is 17.1 Å². The Labute approximate surface area is 157 Å². The van der Waals surface area contributed by atoms with Crippen molar-refractivity contribution < 1.29 is 9.66 Å². The van der Waals surface area contributed by atoms with Gasteiger partial charge in [0.05, 0.1) is 23.2 Å². The number of benzene rings is 2. The van der Waals surface area contributed by atoms with Crippen molar-refractivity contribution in [2.75, 3.05) is 45.2 Å². The first kappa shape index (κ1) is 17.4. The van der Waals surface area contributed by atoms with Crippen LogP contribution in [0.15, 0.2) is 48.7 Å². The molecule has 0 unspecified atom stereocenters. The SMILES string of the molecule is COc1cc(N2CCN(C)CC2)c([N+](=O)[O-])cc1-n1ccc2ccccc21. The lowest BCUT2D eigenvalue weighted by atomic mass is 10.1. The summed E-state index contributed by atoms with van der Waals surface area (Å²) in [4.78, 5) is 15.8. The summed E-state index contributed by atoms with van der Waals surface area (Å²) in [6.45, 7) is 3.27. The molecule has 27 heavy (non-hydrogen) atoms. The van der Waals surface area contributed by atoms with Crippen LogP contribution in [0.2, 0.25) is 0 Å². The maximum absolute atomic E-state index is 11.8. The predicted molar refractivity (Wildman–Crippen MR) is 106 cm³/mol. The van der Waals surface area contributed by atoms with Crippen molar-refractivity contribution in [3.63, 3.8) is 0 Å². The number of nitro benzene ring substituents is 1. The normalized spacial score (nSPS) is 15.3. The molecule has 0 bridgehead atoms. The molecule has 2 heterocycles. The van der Waals surface area contributed by atoms with Crippen LogP contribution >= 0.6 is 0 Å². The molecular formula is C20H22N4O3. The highest BCUT2D eigenvalue weighted by atomic mass is 16.6. The highest BCUT2D eigenvalue weighted by Gasteiger charge is 2.26. The van der Waals surface area contributed by atoms with E-state index < -0.39 is 0 Å². The Morgan fingerprint density at radius 3 is 2.48 bits per heavy atom. The number of anilines is 1. The van der Waals surface area contributed by atoms with Crippen molar-refractivity contribution in [3.8, 4) is 11.4 Å². The lowest BCUT2D eigenvalue weighted by Crippen LogP contribution is -2.44. The molecule has 4 rings (SSSR count). The monoisotopic (exact) mass is 366 g/mol. The van der Waals surface area contributed by atoms with Gasteiger partial charge in [0.15, 0.2) is 0 Å². The lowest BCUT2D eigenvalue weighted by molar-refractivity contribution is -0.384. The van der Waals surface area contributed by atoms with Gasteiger partial charge in [-0.25, -0.2) is 0 Å². The molecule has 1 aliphatic rings. The minimum Gasteiger partial charge on any atom is -0.494 e. The van der Waals surface area contributed by atoms with E-state index >= 15 is 0 Å². The molecule has 7 nitrogen and oxygen atoms in total. The van der Waals surface area contributed by atoms with Gasteiger partial charge in [-0.3, -0.25) is 10.1 Å². The van der Waals surface area contributed by atoms with E-state index in [1.807, 2.05) is 41.1 Å². The molecule has 0 radical (unpaired) electrons. The van der Waals surface area contributed by atoms with Crippen LogP contribution in [0.25, 0.3) is 16.6 Å². The number of rotatable bonds is 4. The number of para-hydroxylation sites is 1. The molecule has 1 aromatic heterocycles. The zero-order chi connectivity index (χ0) is 19.0. The Bertz CT molecular complexity index is 990. The van der Waals surface area contributed by atoms with Crippen LogP contribution in [0.5, 0.6) is 5.75 Å². The fourth-order valence-corrected chi connectivity index (χ4v) is 3.64. The van der Waals surface area contributed by atoms with Gasteiger partial charge in [-0.05, 0) is 24.6 Å². The van der Waals surface area contributed by atoms with Crippen LogP contribution in [-0.2, 0) is 0 Å². The van der Waals surface area contributed by atoms with E-state index in [0.717, 1.165) is 37.1 Å². The predicted octanol–water partition coefficient (Wildman–Crippen LogP) is 3.30. The maximum Gasteiger partial charge on any atom is 0.294 e. The Morgan fingerprint density at radius 2 is 1.78 bits per heavy atom. The van der Waals surface area contributed by atoms with Crippen LogP contribution in [-0.4, -0.2) is 54.7 Å². The van der Waals surface area contributed by atoms with Gasteiger partial charge < -0.3 is 19.1 Å². The first-order valence-electron chi connectivity index (χ1n) is 8.95. The van der Waals surface area contributed by atoms with Crippen molar-refractivity contribution in [3.05, 3.63) is 58.8 Å². The van der Waals surface area contributed by atoms with Gasteiger partial charge in [0, 0.05) is 44.5 Å². The van der Waals surface area contributed by atoms with E-state index in [-0.39, 0.29) is 10.6 Å². The van der Waals surface area contributed by atoms with Crippen LogP contribution in [0.3, 0.4) is 0 Å². The summed E-state index contributed by atoms with van der Waals surface area (Å²) < 4.78 is 7.56. The molecule has 1 fully saturated rings. The topological polar surface area (TPSA) is 63.8 Å². The number of nitrogens with zero attached hydrogens (tertiary/aromatic N) is 4. The van der Waals surface area contributed by atoms with Crippen LogP contribution in [0.1, 0.15) is 0 Å². The second-order valence-electron chi connectivity index (χ2n) is 6.80. The highest BCUT2D eigenvalue weighted by molar-refractivity contribution is 5.83. The Morgan fingerprint density at radius 1 is 1.04 bits per heavy atom. The molecule has 0 spiro atoms. The fraction of sp³-hybridized carbons (Fsp3) is 0.300. The number of piperazine rings is 1. The molecular weight excluding hydrogens is 344 g/mol. The third kappa shape index (κ3) is 3.10. The Hall–Kier alpha value is -3.06. The van der Waals surface area contributed by atoms with Crippen molar-refractivity contribution in [1.82, 2.24) is 9.47 Å². The Kier molecular flexibility index (Phi) is 4.45. The van der Waals surface area contributed by atoms with Gasteiger partial charge in [0.25, 0.3) is 5.69 Å². The minimum absolute atomic E-state index is 0.105. The van der Waals surface area contributed by atoms with E-state index in [1.54, 1.807) is 19.2 Å². The standard InChI is InChI=1S/C20H22N4O3/c1-21-9-11-22(12-10-21)17-14-20(27-2)19(13-18(17)24(25)26)23-8-7-15-5-3-4-6-16(15)23/h3-8,13-14H,9-12H2,1-2H3. The molecule has 0 saturated carbocycles. The van der Waals surface area contributed by atoms with Crippen molar-refractivity contribution in [1.29, 1.82) is 0 Å². The van der Waals surface area contributed by atoms with E-state index in [4.69, 9.17) is 4.74 Å². The Balaban J connectivity index is 1.86. The van der Waals surface area contributed by atoms with Crippen LogP contribution in [0.4, 0.5) is 11.4 Å². The molecule has 3 aromatic rings. The fourth-order valence-electron chi connectivity index (χ4n) is 3.64. The first-order chi connectivity index (χ1) is 13.1. The number of fused-ring (bicyclic) bond motifs is 1. The summed E-state index contributed by atoms with van der Waals surface area (Å²) in [5.74, 6) is 0.621. The van der Waals surface area contributed by atoms with Gasteiger partial charge in [0.1, 0.15) is 11.4 Å².